The molecule has 0 unspecified atom stereocenters. The fraction of sp³-hybridized carbons (Fsp3) is 0.800. The van der Waals surface area contributed by atoms with E-state index in [0.29, 0.717) is 32.7 Å². The number of hydrogen-bond acceptors (Lipinski definition) is 3. The highest BCUT2D eigenvalue weighted by Crippen LogP contribution is 2.03. The van der Waals surface area contributed by atoms with Gasteiger partial charge >= 0.3 is 6.09 Å². The van der Waals surface area contributed by atoms with Gasteiger partial charge < -0.3 is 15.0 Å². The normalized spacial score (nSPS) is 15.3. The fourth-order valence-electron chi connectivity index (χ4n) is 1.44. The molecule has 0 saturated carbocycles. The van der Waals surface area contributed by atoms with Crippen molar-refractivity contribution >= 4 is 12.0 Å². The van der Waals surface area contributed by atoms with Crippen molar-refractivity contribution in [2.45, 2.75) is 26.2 Å². The molecule has 0 aromatic carbocycles. The molecule has 5 nitrogen and oxygen atoms in total. The van der Waals surface area contributed by atoms with Gasteiger partial charge in [0.2, 0.25) is 5.91 Å². The van der Waals surface area contributed by atoms with Crippen LogP contribution in [0.2, 0.25) is 0 Å². The Morgan fingerprint density at radius 1 is 1.60 bits per heavy atom. The van der Waals surface area contributed by atoms with Gasteiger partial charge in [0.05, 0.1) is 6.54 Å². The van der Waals surface area contributed by atoms with Crippen molar-refractivity contribution in [3.63, 3.8) is 0 Å². The third-order valence-electron chi connectivity index (χ3n) is 2.25. The van der Waals surface area contributed by atoms with Crippen molar-refractivity contribution < 1.29 is 14.3 Å². The lowest BCUT2D eigenvalue weighted by Crippen LogP contribution is -2.30. The second-order valence-corrected chi connectivity index (χ2v) is 3.55. The van der Waals surface area contributed by atoms with Crippen LogP contribution in [0.4, 0.5) is 4.79 Å². The maximum atomic E-state index is 11.1. The summed E-state index contributed by atoms with van der Waals surface area (Å²) >= 11 is 0. The lowest BCUT2D eigenvalue weighted by molar-refractivity contribution is -0.121. The van der Waals surface area contributed by atoms with E-state index in [4.69, 9.17) is 4.74 Å². The average molecular weight is 214 g/mol. The van der Waals surface area contributed by atoms with Crippen molar-refractivity contribution in [3.8, 4) is 0 Å². The van der Waals surface area contributed by atoms with Gasteiger partial charge in [0.25, 0.3) is 0 Å². The van der Waals surface area contributed by atoms with E-state index in [2.05, 4.69) is 5.32 Å². The van der Waals surface area contributed by atoms with Gasteiger partial charge in [0.1, 0.15) is 6.61 Å². The maximum Gasteiger partial charge on any atom is 0.409 e. The van der Waals surface area contributed by atoms with Gasteiger partial charge in [-0.25, -0.2) is 4.79 Å². The fourth-order valence-corrected chi connectivity index (χ4v) is 1.44. The van der Waals surface area contributed by atoms with E-state index in [1.54, 1.807) is 4.90 Å². The number of cyclic esters (lactones) is 1. The van der Waals surface area contributed by atoms with Crippen molar-refractivity contribution in [3.05, 3.63) is 0 Å². The minimum absolute atomic E-state index is 0.0847. The van der Waals surface area contributed by atoms with Crippen molar-refractivity contribution in [1.82, 2.24) is 10.2 Å². The highest BCUT2D eigenvalue weighted by Gasteiger charge is 2.20. The lowest BCUT2D eigenvalue weighted by atomic mass is 10.3. The molecule has 1 fully saturated rings. The van der Waals surface area contributed by atoms with Gasteiger partial charge in [-0.3, -0.25) is 4.79 Å². The van der Waals surface area contributed by atoms with Crippen LogP contribution in [0.5, 0.6) is 0 Å². The Kier molecular flexibility index (Phi) is 4.93. The maximum absolute atomic E-state index is 11.1. The highest BCUT2D eigenvalue weighted by atomic mass is 16.6. The quantitative estimate of drug-likeness (QED) is 0.664. The Bertz CT molecular complexity index is 231. The smallest absolute Gasteiger partial charge is 0.409 e. The molecule has 0 aliphatic carbocycles. The Balaban J connectivity index is 2.01. The van der Waals surface area contributed by atoms with Gasteiger partial charge in [0.15, 0.2) is 0 Å². The molecule has 0 bridgehead atoms. The molecule has 0 radical (unpaired) electrons. The van der Waals surface area contributed by atoms with E-state index in [0.717, 1.165) is 12.8 Å². The summed E-state index contributed by atoms with van der Waals surface area (Å²) in [6.07, 6.45) is 1.98. The lowest BCUT2D eigenvalue weighted by Gasteiger charge is -2.12. The first-order valence-electron chi connectivity index (χ1n) is 5.42. The van der Waals surface area contributed by atoms with Crippen molar-refractivity contribution in [1.29, 1.82) is 0 Å². The third-order valence-corrected chi connectivity index (χ3v) is 2.25. The summed E-state index contributed by atoms with van der Waals surface area (Å²) in [7, 11) is 0. The zero-order valence-electron chi connectivity index (χ0n) is 9.12. The first-order chi connectivity index (χ1) is 7.24. The number of carbonyl (C=O) groups excluding carboxylic acids is 2. The standard InChI is InChI=1S/C10H18N2O3/c1-2-4-9(13)11-5-3-6-12-7-8-15-10(12)14/h2-8H2,1H3,(H,11,13). The molecule has 1 N–H and O–H groups in total. The molecule has 1 rings (SSSR count). The number of carbonyl (C=O) groups is 2. The molecule has 0 aromatic heterocycles. The first kappa shape index (κ1) is 11.8. The second kappa shape index (κ2) is 6.27. The molecule has 0 spiro atoms. The van der Waals surface area contributed by atoms with Gasteiger partial charge in [-0.1, -0.05) is 6.92 Å². The predicted octanol–water partition coefficient (Wildman–Crippen LogP) is 0.745. The van der Waals surface area contributed by atoms with Crippen molar-refractivity contribution in [2.75, 3.05) is 26.2 Å². The number of nitrogens with zero attached hydrogens (tertiary/aromatic N) is 1. The Morgan fingerprint density at radius 3 is 3.00 bits per heavy atom. The van der Waals surface area contributed by atoms with Crippen LogP contribution in [0.15, 0.2) is 0 Å². The van der Waals surface area contributed by atoms with Crippen molar-refractivity contribution in [2.24, 2.45) is 0 Å². The molecule has 5 heteroatoms. The number of amides is 2. The summed E-state index contributed by atoms with van der Waals surface area (Å²) in [5.74, 6) is 0.0847. The van der Waals surface area contributed by atoms with E-state index in [1.165, 1.54) is 0 Å². The van der Waals surface area contributed by atoms with Crippen LogP contribution in [0.1, 0.15) is 26.2 Å². The summed E-state index contributed by atoms with van der Waals surface area (Å²) in [6.45, 7) is 4.41. The SMILES string of the molecule is CCCC(=O)NCCCN1CCOC1=O. The zero-order valence-corrected chi connectivity index (χ0v) is 9.12. The van der Waals surface area contributed by atoms with Gasteiger partial charge in [-0.2, -0.15) is 0 Å². The van der Waals surface area contributed by atoms with Crippen LogP contribution in [0.3, 0.4) is 0 Å². The summed E-state index contributed by atoms with van der Waals surface area (Å²) in [4.78, 5) is 23.8. The van der Waals surface area contributed by atoms with E-state index < -0.39 is 0 Å². The van der Waals surface area contributed by atoms with E-state index in [-0.39, 0.29) is 12.0 Å². The summed E-state index contributed by atoms with van der Waals surface area (Å²) in [5.41, 5.74) is 0. The molecule has 0 aromatic rings. The molecule has 0 atom stereocenters. The Hall–Kier alpha value is -1.26. The minimum atomic E-state index is -0.241. The third kappa shape index (κ3) is 4.18. The average Bonchev–Trinajstić information content (AvgIpc) is 2.60. The largest absolute Gasteiger partial charge is 0.448 e. The molecule has 1 saturated heterocycles. The molecule has 1 aliphatic rings. The van der Waals surface area contributed by atoms with Gasteiger partial charge in [-0.05, 0) is 12.8 Å². The van der Waals surface area contributed by atoms with Crippen LogP contribution in [0, 0.1) is 0 Å². The molecular weight excluding hydrogens is 196 g/mol. The number of hydrogen-bond donors (Lipinski definition) is 1. The monoisotopic (exact) mass is 214 g/mol. The minimum Gasteiger partial charge on any atom is -0.448 e. The highest BCUT2D eigenvalue weighted by molar-refractivity contribution is 5.75. The van der Waals surface area contributed by atoms with Crippen LogP contribution in [0.25, 0.3) is 0 Å². The summed E-state index contributed by atoms with van der Waals surface area (Å²) < 4.78 is 4.78. The Labute approximate surface area is 89.8 Å². The van der Waals surface area contributed by atoms with Gasteiger partial charge in [-0.15, -0.1) is 0 Å². The van der Waals surface area contributed by atoms with Crippen LogP contribution < -0.4 is 5.32 Å². The molecular formula is C10H18N2O3. The second-order valence-electron chi connectivity index (χ2n) is 3.55. The predicted molar refractivity (Wildman–Crippen MR) is 55.5 cm³/mol. The van der Waals surface area contributed by atoms with E-state index in [9.17, 15) is 9.59 Å². The Morgan fingerprint density at radius 2 is 2.40 bits per heavy atom. The number of rotatable bonds is 6. The molecule has 15 heavy (non-hydrogen) atoms. The van der Waals surface area contributed by atoms with E-state index in [1.807, 2.05) is 6.92 Å². The molecule has 86 valence electrons. The summed E-state index contributed by atoms with van der Waals surface area (Å²) in [5, 5.41) is 2.80. The van der Waals surface area contributed by atoms with Crippen LogP contribution >= 0.6 is 0 Å². The zero-order chi connectivity index (χ0) is 11.1. The number of nitrogens with one attached hydrogen (secondary N) is 1. The summed E-state index contributed by atoms with van der Waals surface area (Å²) in [6, 6.07) is 0. The topological polar surface area (TPSA) is 58.6 Å². The van der Waals surface area contributed by atoms with Crippen LogP contribution in [-0.2, 0) is 9.53 Å². The molecule has 1 aliphatic heterocycles. The molecule has 1 heterocycles. The number of ether oxygens (including phenoxy) is 1. The molecule has 2 amide bonds. The van der Waals surface area contributed by atoms with E-state index >= 15 is 0 Å². The first-order valence-corrected chi connectivity index (χ1v) is 5.42. The van der Waals surface area contributed by atoms with Crippen LogP contribution in [-0.4, -0.2) is 43.1 Å². The van der Waals surface area contributed by atoms with Gasteiger partial charge in [0, 0.05) is 19.5 Å².